The Morgan fingerprint density at radius 3 is 0.740 bits per heavy atom. The van der Waals surface area contributed by atoms with E-state index in [9.17, 15) is 29.7 Å². The molecule has 434 valence electrons. The van der Waals surface area contributed by atoms with Gasteiger partial charge in [0.05, 0.1) is 6.42 Å². The number of rotatable bonds is 51. The molecule has 73 heavy (non-hydrogen) atoms. The van der Waals surface area contributed by atoms with E-state index in [2.05, 4.69) is 104 Å². The van der Waals surface area contributed by atoms with Crippen LogP contribution in [-0.2, 0) is 19.1 Å². The Labute approximate surface area is 454 Å². The number of hydrogen-bond donors (Lipinski definition) is 3. The minimum absolute atomic E-state index is 0.0222. The summed E-state index contributed by atoms with van der Waals surface area (Å²) in [7, 11) is 0. The molecule has 0 heterocycles. The second-order valence-electron chi connectivity index (χ2n) is 27.3. The Morgan fingerprint density at radius 2 is 0.534 bits per heavy atom. The van der Waals surface area contributed by atoms with Gasteiger partial charge in [-0.15, -0.1) is 0 Å². The molecule has 0 rings (SSSR count). The van der Waals surface area contributed by atoms with E-state index < -0.39 is 35.3 Å². The lowest BCUT2D eigenvalue weighted by molar-refractivity contribution is -0.209. The fourth-order valence-corrected chi connectivity index (χ4v) is 12.1. The van der Waals surface area contributed by atoms with E-state index in [0.717, 1.165) is 93.3 Å². The molecule has 0 amide bonds. The molecule has 7 nitrogen and oxygen atoms in total. The summed E-state index contributed by atoms with van der Waals surface area (Å²) in [5.74, 6) is 3.11. The molecule has 0 saturated carbocycles. The number of carboxylic acid groups (broad SMARTS) is 3. The molecule has 10 unspecified atom stereocenters. The van der Waals surface area contributed by atoms with Gasteiger partial charge in [-0.25, -0.2) is 4.79 Å². The van der Waals surface area contributed by atoms with Crippen molar-refractivity contribution in [3.63, 3.8) is 0 Å². The van der Waals surface area contributed by atoms with Crippen LogP contribution in [0, 0.1) is 76.4 Å². The van der Waals surface area contributed by atoms with Crippen molar-refractivity contribution >= 4 is 17.9 Å². The maximum absolute atomic E-state index is 14.0. The van der Waals surface area contributed by atoms with Gasteiger partial charge in [0.1, 0.15) is 5.41 Å². The van der Waals surface area contributed by atoms with Gasteiger partial charge >= 0.3 is 17.9 Å². The number of carboxylic acids is 3. The molecular weight excluding hydrogens is 905 g/mol. The van der Waals surface area contributed by atoms with E-state index in [-0.39, 0.29) is 37.2 Å². The van der Waals surface area contributed by atoms with Crippen molar-refractivity contribution in [1.29, 1.82) is 0 Å². The average Bonchev–Trinajstić information content (AvgIpc) is 3.28. The summed E-state index contributed by atoms with van der Waals surface area (Å²) < 4.78 is 6.44. The largest absolute Gasteiger partial charge is 0.481 e. The zero-order chi connectivity index (χ0) is 55.4. The van der Waals surface area contributed by atoms with Gasteiger partial charge < -0.3 is 20.1 Å². The van der Waals surface area contributed by atoms with Gasteiger partial charge in [-0.1, -0.05) is 277 Å². The smallest absolute Gasteiger partial charge is 0.337 e. The van der Waals surface area contributed by atoms with Crippen molar-refractivity contribution < 1.29 is 34.4 Å². The quantitative estimate of drug-likeness (QED) is 0.0555. The van der Waals surface area contributed by atoms with Crippen molar-refractivity contribution in [1.82, 2.24) is 0 Å². The summed E-state index contributed by atoms with van der Waals surface area (Å²) in [4.78, 5) is 40.6. The monoisotopic (exact) mass is 1030 g/mol. The molecule has 0 aliphatic rings. The predicted molar refractivity (Wildman–Crippen MR) is 313 cm³/mol. The van der Waals surface area contributed by atoms with Crippen LogP contribution in [0.2, 0.25) is 0 Å². The first-order valence-corrected chi connectivity index (χ1v) is 31.7. The number of hydrogen-bond acceptors (Lipinski definition) is 4. The zero-order valence-electron chi connectivity index (χ0n) is 51.4. The molecule has 0 aromatic heterocycles. The van der Waals surface area contributed by atoms with Gasteiger partial charge in [0.15, 0.2) is 5.60 Å². The van der Waals surface area contributed by atoms with Gasteiger partial charge in [-0.2, -0.15) is 0 Å². The fourth-order valence-electron chi connectivity index (χ4n) is 12.1. The summed E-state index contributed by atoms with van der Waals surface area (Å²) in [6, 6.07) is 0. The van der Waals surface area contributed by atoms with Crippen molar-refractivity contribution in [2.75, 3.05) is 6.61 Å². The van der Waals surface area contributed by atoms with Crippen molar-refractivity contribution in [2.24, 2.45) is 76.4 Å². The van der Waals surface area contributed by atoms with E-state index in [1.54, 1.807) is 0 Å². The highest BCUT2D eigenvalue weighted by molar-refractivity contribution is 5.92. The molecule has 0 aliphatic heterocycles. The molecule has 0 bridgehead atoms. The first-order valence-electron chi connectivity index (χ1n) is 31.7. The van der Waals surface area contributed by atoms with E-state index in [1.165, 1.54) is 116 Å². The summed E-state index contributed by atoms with van der Waals surface area (Å²) in [5.41, 5.74) is -4.27. The average molecular weight is 1030 g/mol. The third kappa shape index (κ3) is 34.7. The van der Waals surface area contributed by atoms with Crippen LogP contribution in [0.5, 0.6) is 0 Å². The molecule has 0 aliphatic carbocycles. The second kappa shape index (κ2) is 41.5. The lowest BCUT2D eigenvalue weighted by atomic mass is 9.62. The summed E-state index contributed by atoms with van der Waals surface area (Å²) in [5, 5.41) is 33.1. The van der Waals surface area contributed by atoms with Crippen molar-refractivity contribution in [2.45, 2.75) is 321 Å². The summed E-state index contributed by atoms with van der Waals surface area (Å²) >= 11 is 0. The standard InChI is InChI=1S/C66H128O7/c1-50(2)25-16-28-53(7)31-19-34-56(10)37-22-40-59(13)43-46-65(63(69)70,47-44-60(14)41-23-38-57(11)35-20-32-54(8)29-17-26-51(3)4)66(64(71)72,49-62(67)68)73-48-45-61(15)42-24-39-58(12)36-21-33-55(9)30-18-27-52(5)6/h50-61H,16-49H2,1-15H3,(H,67,68)(H,69,70)(H,71,72). The van der Waals surface area contributed by atoms with Gasteiger partial charge in [-0.05, 0) is 103 Å². The molecule has 0 aromatic carbocycles. The topological polar surface area (TPSA) is 121 Å². The van der Waals surface area contributed by atoms with Crippen LogP contribution in [0.15, 0.2) is 0 Å². The normalized spacial score (nSPS) is 17.7. The van der Waals surface area contributed by atoms with Crippen LogP contribution < -0.4 is 0 Å². The van der Waals surface area contributed by atoms with Gasteiger partial charge in [0, 0.05) is 6.61 Å². The molecule has 3 N–H and O–H groups in total. The molecule has 0 aromatic rings. The number of aliphatic carboxylic acids is 3. The van der Waals surface area contributed by atoms with Crippen LogP contribution in [0.25, 0.3) is 0 Å². The molecular formula is C66H128O7. The molecule has 10 atom stereocenters. The third-order valence-electron chi connectivity index (χ3n) is 17.8. The van der Waals surface area contributed by atoms with Gasteiger partial charge in [-0.3, -0.25) is 9.59 Å². The van der Waals surface area contributed by atoms with E-state index in [4.69, 9.17) is 4.74 Å². The molecule has 0 radical (unpaired) electrons. The lowest BCUT2D eigenvalue weighted by Gasteiger charge is -2.45. The molecule has 0 fully saturated rings. The third-order valence-corrected chi connectivity index (χ3v) is 17.8. The van der Waals surface area contributed by atoms with Crippen LogP contribution in [0.3, 0.4) is 0 Å². The molecule has 0 saturated heterocycles. The Morgan fingerprint density at radius 1 is 0.315 bits per heavy atom. The number of ether oxygens (including phenoxy) is 1. The zero-order valence-corrected chi connectivity index (χ0v) is 51.4. The highest BCUT2D eigenvalue weighted by atomic mass is 16.5. The van der Waals surface area contributed by atoms with Crippen LogP contribution >= 0.6 is 0 Å². The molecule has 7 heteroatoms. The first-order chi connectivity index (χ1) is 34.3. The van der Waals surface area contributed by atoms with Crippen LogP contribution in [0.4, 0.5) is 0 Å². The first kappa shape index (κ1) is 71.4. The molecule has 0 spiro atoms. The Kier molecular flexibility index (Phi) is 40.5. The summed E-state index contributed by atoms with van der Waals surface area (Å²) in [6.45, 7) is 34.6. The van der Waals surface area contributed by atoms with Gasteiger partial charge in [0.25, 0.3) is 0 Å². The highest BCUT2D eigenvalue weighted by Gasteiger charge is 2.63. The maximum Gasteiger partial charge on any atom is 0.337 e. The van der Waals surface area contributed by atoms with Crippen molar-refractivity contribution in [3.05, 3.63) is 0 Å². The SMILES string of the molecule is CC(C)CCCC(C)CCCC(C)CCCC(C)CCOC(CC(=O)O)(C(=O)O)C(CCC(C)CCCC(C)CCCC(C)CCCC(C)C)(CCC(C)CCCC(C)CCCC(C)CCCC(C)C)C(=O)O. The highest BCUT2D eigenvalue weighted by Crippen LogP contribution is 2.48. The predicted octanol–water partition coefficient (Wildman–Crippen LogP) is 20.5. The maximum atomic E-state index is 14.0. The van der Waals surface area contributed by atoms with E-state index in [1.807, 2.05) is 0 Å². The van der Waals surface area contributed by atoms with Crippen LogP contribution in [0.1, 0.15) is 316 Å². The Hall–Kier alpha value is -1.63. The fraction of sp³-hybridized carbons (Fsp3) is 0.955. The minimum Gasteiger partial charge on any atom is -0.481 e. The van der Waals surface area contributed by atoms with E-state index >= 15 is 0 Å². The minimum atomic E-state index is -2.38. The van der Waals surface area contributed by atoms with Crippen molar-refractivity contribution in [3.8, 4) is 0 Å². The second-order valence-corrected chi connectivity index (χ2v) is 27.3. The number of carbonyl (C=O) groups is 3. The Balaban J connectivity index is 5.93. The Bertz CT molecular complexity index is 1310. The van der Waals surface area contributed by atoms with E-state index in [0.29, 0.717) is 37.0 Å². The van der Waals surface area contributed by atoms with Gasteiger partial charge in [0.2, 0.25) is 0 Å². The summed E-state index contributed by atoms with van der Waals surface area (Å²) in [6.07, 6.45) is 33.5. The van der Waals surface area contributed by atoms with Crippen LogP contribution in [-0.4, -0.2) is 45.4 Å². The lowest BCUT2D eigenvalue weighted by Crippen LogP contribution is -2.61.